The normalized spacial score (nSPS) is 29.2. The van der Waals surface area contributed by atoms with Crippen molar-refractivity contribution in [3.63, 3.8) is 0 Å². The number of hydrogen-bond acceptors (Lipinski definition) is 3. The summed E-state index contributed by atoms with van der Waals surface area (Å²) in [5, 5.41) is 3.24. The predicted molar refractivity (Wildman–Crippen MR) is 69.9 cm³/mol. The van der Waals surface area contributed by atoms with Crippen LogP contribution in [0.2, 0.25) is 0 Å². The number of nitrogens with zero attached hydrogens (tertiary/aromatic N) is 1. The maximum Gasteiger partial charge on any atom is 0.237 e. The third-order valence-electron chi connectivity index (χ3n) is 3.80. The maximum absolute atomic E-state index is 12.3. The molecule has 0 saturated carbocycles. The van der Waals surface area contributed by atoms with Gasteiger partial charge in [0.05, 0.1) is 5.92 Å². The number of ketones is 1. The Morgan fingerprint density at radius 2 is 2.33 bits per heavy atom. The van der Waals surface area contributed by atoms with Crippen molar-refractivity contribution in [1.82, 2.24) is 10.2 Å². The van der Waals surface area contributed by atoms with Crippen LogP contribution in [-0.2, 0) is 9.59 Å². The quantitative estimate of drug-likeness (QED) is 0.766. The Labute approximate surface area is 108 Å². The minimum atomic E-state index is -0.392. The first-order valence-corrected chi connectivity index (χ1v) is 6.95. The van der Waals surface area contributed by atoms with E-state index >= 15 is 0 Å². The maximum atomic E-state index is 12.3. The highest BCUT2D eigenvalue weighted by Crippen LogP contribution is 2.25. The van der Waals surface area contributed by atoms with Gasteiger partial charge in [0.25, 0.3) is 0 Å². The second-order valence-electron chi connectivity index (χ2n) is 5.11. The fourth-order valence-electron chi connectivity index (χ4n) is 2.73. The minimum Gasteiger partial charge on any atom is -0.319 e. The number of carbonyl (C=O) groups is 2. The van der Waals surface area contributed by atoms with Crippen LogP contribution >= 0.6 is 0 Å². The summed E-state index contributed by atoms with van der Waals surface area (Å²) in [4.78, 5) is 26.1. The van der Waals surface area contributed by atoms with E-state index in [2.05, 4.69) is 5.32 Å². The zero-order chi connectivity index (χ0) is 13.0. The monoisotopic (exact) mass is 250 g/mol. The molecule has 4 heteroatoms. The summed E-state index contributed by atoms with van der Waals surface area (Å²) in [5.41, 5.74) is 0. The average molecular weight is 250 g/mol. The Morgan fingerprint density at radius 1 is 1.50 bits per heavy atom. The van der Waals surface area contributed by atoms with Gasteiger partial charge in [-0.1, -0.05) is 13.0 Å². The Kier molecular flexibility index (Phi) is 4.53. The van der Waals surface area contributed by atoms with Gasteiger partial charge in [0.15, 0.2) is 0 Å². The number of allylic oxidation sites excluding steroid dienone is 1. The molecule has 0 aromatic carbocycles. The van der Waals surface area contributed by atoms with Crippen molar-refractivity contribution in [2.75, 3.05) is 19.6 Å². The van der Waals surface area contributed by atoms with E-state index in [1.807, 2.05) is 19.2 Å². The zero-order valence-electron chi connectivity index (χ0n) is 11.0. The molecule has 2 atom stereocenters. The Balaban J connectivity index is 1.95. The van der Waals surface area contributed by atoms with Crippen LogP contribution < -0.4 is 5.32 Å². The van der Waals surface area contributed by atoms with Gasteiger partial charge in [-0.3, -0.25) is 9.59 Å². The Bertz CT molecular complexity index is 346. The van der Waals surface area contributed by atoms with Crippen LogP contribution in [0.25, 0.3) is 0 Å². The number of piperidine rings is 1. The molecule has 0 radical (unpaired) electrons. The lowest BCUT2D eigenvalue weighted by atomic mass is 9.87. The number of likely N-dealkylation sites (tertiary alicyclic amines) is 1. The number of Topliss-reactive ketones (excluding diaryl/α,β-unsaturated/α-hetero) is 1. The van der Waals surface area contributed by atoms with E-state index in [-0.39, 0.29) is 17.6 Å². The van der Waals surface area contributed by atoms with E-state index in [1.54, 1.807) is 4.90 Å². The van der Waals surface area contributed by atoms with E-state index in [1.165, 1.54) is 0 Å². The van der Waals surface area contributed by atoms with Crippen molar-refractivity contribution in [3.05, 3.63) is 12.3 Å². The molecule has 2 heterocycles. The first kappa shape index (κ1) is 13.3. The van der Waals surface area contributed by atoms with Crippen LogP contribution in [0, 0.1) is 11.8 Å². The lowest BCUT2D eigenvalue weighted by Gasteiger charge is -2.23. The highest BCUT2D eigenvalue weighted by molar-refractivity contribution is 6.04. The summed E-state index contributed by atoms with van der Waals surface area (Å²) >= 11 is 0. The molecule has 0 bridgehead atoms. The number of hydrogen-bond donors (Lipinski definition) is 1. The summed E-state index contributed by atoms with van der Waals surface area (Å²) in [6, 6.07) is 0. The molecule has 2 rings (SSSR count). The molecule has 18 heavy (non-hydrogen) atoms. The van der Waals surface area contributed by atoms with Crippen LogP contribution in [0.15, 0.2) is 12.3 Å². The molecule has 0 spiro atoms. The van der Waals surface area contributed by atoms with Gasteiger partial charge in [0.2, 0.25) is 5.91 Å². The molecule has 1 amide bonds. The molecular formula is C14H22N2O2. The summed E-state index contributed by atoms with van der Waals surface area (Å²) in [5.74, 6) is -0.200. The molecule has 100 valence electrons. The largest absolute Gasteiger partial charge is 0.319 e. The average Bonchev–Trinajstić information content (AvgIpc) is 2.78. The zero-order valence-corrected chi connectivity index (χ0v) is 11.0. The van der Waals surface area contributed by atoms with Crippen molar-refractivity contribution in [2.45, 2.75) is 32.6 Å². The second kappa shape index (κ2) is 6.14. The van der Waals surface area contributed by atoms with Gasteiger partial charge >= 0.3 is 0 Å². The highest BCUT2D eigenvalue weighted by Gasteiger charge is 2.39. The molecule has 4 nitrogen and oxygen atoms in total. The molecule has 2 fully saturated rings. The summed E-state index contributed by atoms with van der Waals surface area (Å²) in [7, 11) is 0. The molecule has 2 aliphatic rings. The smallest absolute Gasteiger partial charge is 0.237 e. The molecule has 0 aliphatic carbocycles. The molecule has 0 aromatic rings. The lowest BCUT2D eigenvalue weighted by Crippen LogP contribution is -2.39. The number of amides is 1. The van der Waals surface area contributed by atoms with Gasteiger partial charge in [-0.05, 0) is 32.2 Å². The van der Waals surface area contributed by atoms with Crippen LogP contribution in [0.4, 0.5) is 0 Å². The topological polar surface area (TPSA) is 49.4 Å². The van der Waals surface area contributed by atoms with E-state index in [0.717, 1.165) is 32.4 Å². The first-order valence-electron chi connectivity index (χ1n) is 6.95. The van der Waals surface area contributed by atoms with Gasteiger partial charge in [-0.25, -0.2) is 0 Å². The summed E-state index contributed by atoms with van der Waals surface area (Å²) < 4.78 is 0. The Hall–Kier alpha value is -1.16. The summed E-state index contributed by atoms with van der Waals surface area (Å²) in [6.45, 7) is 4.46. The number of rotatable bonds is 4. The van der Waals surface area contributed by atoms with Crippen molar-refractivity contribution < 1.29 is 9.59 Å². The SMILES string of the molecule is CC/C=C\N1CCC(C(=O)C2CCCNC2)C1=O. The third kappa shape index (κ3) is 2.80. The first-order chi connectivity index (χ1) is 8.74. The minimum absolute atomic E-state index is 0.00438. The van der Waals surface area contributed by atoms with Crippen LogP contribution in [0.5, 0.6) is 0 Å². The molecule has 1 N–H and O–H groups in total. The standard InChI is InChI=1S/C14H22N2O2/c1-2-3-8-16-9-6-12(14(16)18)13(17)11-5-4-7-15-10-11/h3,8,11-12,15H,2,4-7,9-10H2,1H3/b8-3-. The van der Waals surface area contributed by atoms with Crippen molar-refractivity contribution in [2.24, 2.45) is 11.8 Å². The fraction of sp³-hybridized carbons (Fsp3) is 0.714. The van der Waals surface area contributed by atoms with E-state index in [0.29, 0.717) is 13.0 Å². The van der Waals surface area contributed by atoms with Crippen molar-refractivity contribution >= 4 is 11.7 Å². The number of nitrogens with one attached hydrogen (secondary N) is 1. The van der Waals surface area contributed by atoms with Gasteiger partial charge < -0.3 is 10.2 Å². The van der Waals surface area contributed by atoms with Crippen LogP contribution in [0.3, 0.4) is 0 Å². The molecule has 0 aromatic heterocycles. The Morgan fingerprint density at radius 3 is 3.00 bits per heavy atom. The molecule has 2 aliphatic heterocycles. The van der Waals surface area contributed by atoms with Gasteiger partial charge in [-0.15, -0.1) is 0 Å². The molecular weight excluding hydrogens is 228 g/mol. The van der Waals surface area contributed by atoms with Gasteiger partial charge in [0, 0.05) is 25.2 Å². The van der Waals surface area contributed by atoms with Gasteiger partial charge in [-0.2, -0.15) is 0 Å². The second-order valence-corrected chi connectivity index (χ2v) is 5.11. The van der Waals surface area contributed by atoms with E-state index in [4.69, 9.17) is 0 Å². The van der Waals surface area contributed by atoms with Crippen LogP contribution in [-0.4, -0.2) is 36.2 Å². The van der Waals surface area contributed by atoms with Crippen molar-refractivity contribution in [1.29, 1.82) is 0 Å². The van der Waals surface area contributed by atoms with E-state index in [9.17, 15) is 9.59 Å². The molecule has 2 saturated heterocycles. The fourth-order valence-corrected chi connectivity index (χ4v) is 2.73. The highest BCUT2D eigenvalue weighted by atomic mass is 16.2. The van der Waals surface area contributed by atoms with Crippen molar-refractivity contribution in [3.8, 4) is 0 Å². The predicted octanol–water partition coefficient (Wildman–Crippen LogP) is 1.33. The lowest BCUT2D eigenvalue weighted by molar-refractivity contribution is -0.137. The van der Waals surface area contributed by atoms with E-state index < -0.39 is 5.92 Å². The molecule has 2 unspecified atom stereocenters. The summed E-state index contributed by atoms with van der Waals surface area (Å²) in [6.07, 6.45) is 7.36. The van der Waals surface area contributed by atoms with Crippen LogP contribution in [0.1, 0.15) is 32.6 Å². The van der Waals surface area contributed by atoms with Gasteiger partial charge in [0.1, 0.15) is 5.78 Å². The third-order valence-corrected chi connectivity index (χ3v) is 3.80. The number of carbonyl (C=O) groups excluding carboxylic acids is 2.